The number of nitrogens with zero attached hydrogens (tertiary/aromatic N) is 1. The Hall–Kier alpha value is -2.27. The lowest BCUT2D eigenvalue weighted by Crippen LogP contribution is -2.22. The lowest BCUT2D eigenvalue weighted by Gasteiger charge is -2.00. The molecule has 0 saturated heterocycles. The molecule has 19 heavy (non-hydrogen) atoms. The van der Waals surface area contributed by atoms with Crippen molar-refractivity contribution in [1.82, 2.24) is 15.3 Å². The average molecular weight is 276 g/mol. The Morgan fingerprint density at radius 1 is 1.47 bits per heavy atom. The number of carbonyl (C=O) groups excluding carboxylic acids is 1. The van der Waals surface area contributed by atoms with Gasteiger partial charge in [0.2, 0.25) is 0 Å². The molecule has 3 aromatic rings. The van der Waals surface area contributed by atoms with Crippen LogP contribution in [0.15, 0.2) is 41.1 Å². The Labute approximate surface area is 113 Å². The van der Waals surface area contributed by atoms with Gasteiger partial charge < -0.3 is 14.7 Å². The lowest BCUT2D eigenvalue weighted by molar-refractivity contribution is 0.0944. The van der Waals surface area contributed by atoms with Crippen LogP contribution in [0, 0.1) is 0 Å². The average Bonchev–Trinajstić information content (AvgIpc) is 3.05. The van der Waals surface area contributed by atoms with Crippen molar-refractivity contribution in [2.75, 3.05) is 0 Å². The number of carbonyl (C=O) groups is 1. The van der Waals surface area contributed by atoms with E-state index in [-0.39, 0.29) is 5.91 Å². The summed E-state index contributed by atoms with van der Waals surface area (Å²) in [6, 6.07) is 7.10. The van der Waals surface area contributed by atoms with Crippen molar-refractivity contribution in [1.29, 1.82) is 0 Å². The van der Waals surface area contributed by atoms with Gasteiger partial charge in [0.05, 0.1) is 18.3 Å². The van der Waals surface area contributed by atoms with Crippen molar-refractivity contribution in [2.24, 2.45) is 0 Å². The smallest absolute Gasteiger partial charge is 0.268 e. The van der Waals surface area contributed by atoms with Gasteiger partial charge in [0.1, 0.15) is 11.5 Å². The third kappa shape index (κ3) is 2.32. The predicted octanol–water partition coefficient (Wildman–Crippen LogP) is 2.74. The van der Waals surface area contributed by atoms with Crippen LogP contribution in [0.2, 0.25) is 5.15 Å². The maximum absolute atomic E-state index is 12.0. The van der Waals surface area contributed by atoms with Gasteiger partial charge in [-0.2, -0.15) is 0 Å². The molecule has 5 nitrogen and oxygen atoms in total. The molecular weight excluding hydrogens is 266 g/mol. The highest BCUT2D eigenvalue weighted by Crippen LogP contribution is 2.21. The molecular formula is C13H10ClN3O2. The van der Waals surface area contributed by atoms with Gasteiger partial charge in [-0.15, -0.1) is 0 Å². The van der Waals surface area contributed by atoms with E-state index in [9.17, 15) is 4.79 Å². The van der Waals surface area contributed by atoms with Gasteiger partial charge in [0.15, 0.2) is 5.15 Å². The van der Waals surface area contributed by atoms with Gasteiger partial charge in [-0.25, -0.2) is 4.98 Å². The van der Waals surface area contributed by atoms with Gasteiger partial charge in [0.25, 0.3) is 5.91 Å². The topological polar surface area (TPSA) is 70.9 Å². The standard InChI is InChI=1S/C13H10ClN3O2/c14-12-11-8(3-4-15-12)6-10(17-11)13(18)16-7-9-2-1-5-19-9/h1-6,17H,7H2,(H,16,18). The summed E-state index contributed by atoms with van der Waals surface area (Å²) in [6.07, 6.45) is 3.17. The van der Waals surface area contributed by atoms with Crippen LogP contribution >= 0.6 is 11.6 Å². The van der Waals surface area contributed by atoms with E-state index in [1.165, 1.54) is 0 Å². The summed E-state index contributed by atoms with van der Waals surface area (Å²) in [6.45, 7) is 0.340. The fourth-order valence-electron chi connectivity index (χ4n) is 1.82. The number of hydrogen-bond acceptors (Lipinski definition) is 3. The van der Waals surface area contributed by atoms with E-state index in [4.69, 9.17) is 16.0 Å². The number of fused-ring (bicyclic) bond motifs is 1. The summed E-state index contributed by atoms with van der Waals surface area (Å²) >= 11 is 5.94. The normalized spacial score (nSPS) is 10.8. The van der Waals surface area contributed by atoms with Crippen LogP contribution in [-0.4, -0.2) is 15.9 Å². The first-order valence-electron chi connectivity index (χ1n) is 5.68. The predicted molar refractivity (Wildman–Crippen MR) is 71.0 cm³/mol. The first kappa shape index (κ1) is 11.8. The monoisotopic (exact) mass is 275 g/mol. The number of pyridine rings is 1. The highest BCUT2D eigenvalue weighted by atomic mass is 35.5. The number of amides is 1. The maximum Gasteiger partial charge on any atom is 0.268 e. The quantitative estimate of drug-likeness (QED) is 0.722. The minimum absolute atomic E-state index is 0.219. The first-order valence-corrected chi connectivity index (χ1v) is 6.05. The maximum atomic E-state index is 12.0. The lowest BCUT2D eigenvalue weighted by atomic mass is 10.3. The Bertz CT molecular complexity index is 719. The second kappa shape index (κ2) is 4.78. The summed E-state index contributed by atoms with van der Waals surface area (Å²) in [5.41, 5.74) is 1.10. The fraction of sp³-hybridized carbons (Fsp3) is 0.0769. The number of aromatic amines is 1. The third-order valence-corrected chi connectivity index (χ3v) is 3.03. The molecule has 3 rings (SSSR count). The van der Waals surface area contributed by atoms with Gasteiger partial charge in [0, 0.05) is 11.6 Å². The van der Waals surface area contributed by atoms with E-state index in [1.54, 1.807) is 36.7 Å². The molecule has 0 saturated carbocycles. The van der Waals surface area contributed by atoms with Crippen molar-refractivity contribution in [3.63, 3.8) is 0 Å². The van der Waals surface area contributed by atoms with Crippen LogP contribution in [0.3, 0.4) is 0 Å². The highest BCUT2D eigenvalue weighted by molar-refractivity contribution is 6.33. The zero-order valence-electron chi connectivity index (χ0n) is 9.81. The number of H-pyrrole nitrogens is 1. The van der Waals surface area contributed by atoms with E-state index in [2.05, 4.69) is 15.3 Å². The Balaban J connectivity index is 1.80. The highest BCUT2D eigenvalue weighted by Gasteiger charge is 2.11. The SMILES string of the molecule is O=C(NCc1ccco1)c1cc2ccnc(Cl)c2[nH]1. The van der Waals surface area contributed by atoms with E-state index in [0.29, 0.717) is 28.7 Å². The molecule has 0 atom stereocenters. The molecule has 0 fully saturated rings. The molecule has 96 valence electrons. The molecule has 0 aliphatic carbocycles. The molecule has 3 aromatic heterocycles. The number of hydrogen-bond donors (Lipinski definition) is 2. The van der Waals surface area contributed by atoms with Gasteiger partial charge in [-0.3, -0.25) is 4.79 Å². The molecule has 0 radical (unpaired) electrons. The Morgan fingerprint density at radius 3 is 3.11 bits per heavy atom. The van der Waals surface area contributed by atoms with Gasteiger partial charge >= 0.3 is 0 Å². The van der Waals surface area contributed by atoms with Crippen LogP contribution in [0.4, 0.5) is 0 Å². The molecule has 0 aliphatic heterocycles. The molecule has 1 amide bonds. The first-order chi connectivity index (χ1) is 9.24. The van der Waals surface area contributed by atoms with E-state index >= 15 is 0 Å². The second-order valence-corrected chi connectivity index (χ2v) is 4.37. The fourth-order valence-corrected chi connectivity index (χ4v) is 2.03. The largest absolute Gasteiger partial charge is 0.467 e. The van der Waals surface area contributed by atoms with Crippen LogP contribution in [0.1, 0.15) is 16.2 Å². The number of aromatic nitrogens is 2. The van der Waals surface area contributed by atoms with Gasteiger partial charge in [-0.1, -0.05) is 11.6 Å². The van der Waals surface area contributed by atoms with Crippen molar-refractivity contribution in [3.8, 4) is 0 Å². The number of nitrogens with one attached hydrogen (secondary N) is 2. The zero-order valence-corrected chi connectivity index (χ0v) is 10.6. The van der Waals surface area contributed by atoms with E-state index in [1.807, 2.05) is 0 Å². The summed E-state index contributed by atoms with van der Waals surface area (Å²) in [5, 5.41) is 3.95. The summed E-state index contributed by atoms with van der Waals surface area (Å²) in [5.74, 6) is 0.479. The van der Waals surface area contributed by atoms with Crippen molar-refractivity contribution >= 4 is 28.4 Å². The number of halogens is 1. The molecule has 0 bridgehead atoms. The molecule has 0 aromatic carbocycles. The van der Waals surface area contributed by atoms with Crippen LogP contribution in [0.5, 0.6) is 0 Å². The molecule has 0 spiro atoms. The molecule has 2 N–H and O–H groups in total. The van der Waals surface area contributed by atoms with Crippen molar-refractivity contribution in [2.45, 2.75) is 6.54 Å². The zero-order chi connectivity index (χ0) is 13.2. The number of rotatable bonds is 3. The van der Waals surface area contributed by atoms with Crippen LogP contribution < -0.4 is 5.32 Å². The van der Waals surface area contributed by atoms with E-state index in [0.717, 1.165) is 5.39 Å². The number of furan rings is 1. The minimum Gasteiger partial charge on any atom is -0.467 e. The molecule has 6 heteroatoms. The van der Waals surface area contributed by atoms with Crippen molar-refractivity contribution < 1.29 is 9.21 Å². The molecule has 0 unspecified atom stereocenters. The Kier molecular flexibility index (Phi) is 2.97. The van der Waals surface area contributed by atoms with Crippen molar-refractivity contribution in [3.05, 3.63) is 53.3 Å². The molecule has 3 heterocycles. The summed E-state index contributed by atoms with van der Waals surface area (Å²) < 4.78 is 5.14. The van der Waals surface area contributed by atoms with Crippen LogP contribution in [-0.2, 0) is 6.54 Å². The molecule has 0 aliphatic rings. The summed E-state index contributed by atoms with van der Waals surface area (Å²) in [7, 11) is 0. The second-order valence-electron chi connectivity index (χ2n) is 4.01. The van der Waals surface area contributed by atoms with Gasteiger partial charge in [-0.05, 0) is 24.3 Å². The third-order valence-electron chi connectivity index (χ3n) is 2.74. The summed E-state index contributed by atoms with van der Waals surface area (Å²) in [4.78, 5) is 18.9. The minimum atomic E-state index is -0.219. The van der Waals surface area contributed by atoms with Crippen LogP contribution in [0.25, 0.3) is 10.9 Å². The Morgan fingerprint density at radius 2 is 2.37 bits per heavy atom. The van der Waals surface area contributed by atoms with E-state index < -0.39 is 0 Å².